The predicted octanol–water partition coefficient (Wildman–Crippen LogP) is 4.33. The van der Waals surface area contributed by atoms with Crippen LogP contribution in [-0.2, 0) is 0 Å². The molecule has 4 heteroatoms. The summed E-state index contributed by atoms with van der Waals surface area (Å²) in [5, 5.41) is 5.16. The van der Waals surface area contributed by atoms with Crippen molar-refractivity contribution in [3.05, 3.63) is 11.5 Å². The topological polar surface area (TPSA) is 38.1 Å². The van der Waals surface area contributed by atoms with E-state index in [1.807, 2.05) is 25.6 Å². The van der Waals surface area contributed by atoms with E-state index in [0.717, 1.165) is 23.2 Å². The van der Waals surface area contributed by atoms with Crippen LogP contribution in [0.2, 0.25) is 0 Å². The minimum absolute atomic E-state index is 0.349. The number of nitrogens with zero attached hydrogens (tertiary/aromatic N) is 1. The molecule has 2 unspecified atom stereocenters. The second-order valence-corrected chi connectivity index (χ2v) is 7.78. The maximum Gasteiger partial charge on any atom is 0.256 e. The first kappa shape index (κ1) is 15.9. The van der Waals surface area contributed by atoms with Gasteiger partial charge in [-0.3, -0.25) is 0 Å². The molecule has 1 aliphatic rings. The number of aryl methyl sites for hydroxylation is 2. The molecule has 2 rings (SSSR count). The molecule has 1 fully saturated rings. The van der Waals surface area contributed by atoms with Crippen molar-refractivity contribution in [3.63, 3.8) is 0 Å². The molecule has 0 spiro atoms. The highest BCUT2D eigenvalue weighted by atomic mass is 32.2. The number of rotatable bonds is 5. The van der Waals surface area contributed by atoms with E-state index in [9.17, 15) is 0 Å². The standard InChI is InChI=1S/C16H28N2OS/c1-6-10-17-14-13(8-7-9-16(14,4)5)20-15-18-11(2)12(3)19-15/h13-14,17H,6-10H2,1-5H3. The van der Waals surface area contributed by atoms with Crippen LogP contribution in [0.5, 0.6) is 0 Å². The SMILES string of the molecule is CCCNC1C(Sc2nc(C)c(C)o2)CCCC1(C)C. The maximum absolute atomic E-state index is 5.76. The molecule has 1 aromatic rings. The van der Waals surface area contributed by atoms with Crippen LogP contribution in [0.25, 0.3) is 0 Å². The molecule has 114 valence electrons. The van der Waals surface area contributed by atoms with Gasteiger partial charge < -0.3 is 9.73 Å². The molecule has 1 saturated carbocycles. The summed E-state index contributed by atoms with van der Waals surface area (Å²) in [5.41, 5.74) is 1.36. The van der Waals surface area contributed by atoms with Crippen LogP contribution < -0.4 is 5.32 Å². The lowest BCUT2D eigenvalue weighted by Crippen LogP contribution is -2.51. The number of hydrogen-bond acceptors (Lipinski definition) is 4. The monoisotopic (exact) mass is 296 g/mol. The number of aromatic nitrogens is 1. The first-order valence-electron chi connectivity index (χ1n) is 7.78. The molecule has 1 heterocycles. The first-order valence-corrected chi connectivity index (χ1v) is 8.66. The Morgan fingerprint density at radius 1 is 1.40 bits per heavy atom. The summed E-state index contributed by atoms with van der Waals surface area (Å²) in [4.78, 5) is 4.54. The predicted molar refractivity (Wildman–Crippen MR) is 85.3 cm³/mol. The number of nitrogens with one attached hydrogen (secondary N) is 1. The van der Waals surface area contributed by atoms with Gasteiger partial charge in [-0.05, 0) is 45.1 Å². The second-order valence-electron chi connectivity index (χ2n) is 6.59. The Labute approximate surface area is 127 Å². The van der Waals surface area contributed by atoms with E-state index in [-0.39, 0.29) is 0 Å². The van der Waals surface area contributed by atoms with Crippen LogP contribution in [0.1, 0.15) is 57.9 Å². The van der Waals surface area contributed by atoms with Gasteiger partial charge in [-0.15, -0.1) is 0 Å². The zero-order valence-corrected chi connectivity index (χ0v) is 14.3. The molecule has 0 bridgehead atoms. The average molecular weight is 296 g/mol. The molecule has 1 aliphatic carbocycles. The van der Waals surface area contributed by atoms with E-state index < -0.39 is 0 Å². The Bertz CT molecular complexity index is 422. The highest BCUT2D eigenvalue weighted by Gasteiger charge is 2.39. The van der Waals surface area contributed by atoms with Crippen LogP contribution in [0.4, 0.5) is 0 Å². The van der Waals surface area contributed by atoms with E-state index in [2.05, 4.69) is 31.1 Å². The maximum atomic E-state index is 5.76. The van der Waals surface area contributed by atoms with Crippen molar-refractivity contribution in [1.82, 2.24) is 10.3 Å². The Hall–Kier alpha value is -0.480. The van der Waals surface area contributed by atoms with Crippen LogP contribution in [0, 0.1) is 19.3 Å². The van der Waals surface area contributed by atoms with Gasteiger partial charge >= 0.3 is 0 Å². The molecule has 0 aliphatic heterocycles. The third-order valence-electron chi connectivity index (χ3n) is 4.40. The molecular formula is C16H28N2OS. The fourth-order valence-electron chi connectivity index (χ4n) is 3.04. The molecule has 2 atom stereocenters. The highest BCUT2D eigenvalue weighted by Crippen LogP contribution is 2.42. The van der Waals surface area contributed by atoms with E-state index in [1.165, 1.54) is 25.7 Å². The first-order chi connectivity index (χ1) is 9.44. The lowest BCUT2D eigenvalue weighted by molar-refractivity contribution is 0.174. The Kier molecular flexibility index (Phi) is 5.19. The lowest BCUT2D eigenvalue weighted by Gasteiger charge is -2.44. The lowest BCUT2D eigenvalue weighted by atomic mass is 9.73. The van der Waals surface area contributed by atoms with Gasteiger partial charge in [0.1, 0.15) is 5.76 Å². The Balaban J connectivity index is 2.10. The minimum Gasteiger partial charge on any atom is -0.437 e. The normalized spacial score (nSPS) is 25.9. The molecule has 20 heavy (non-hydrogen) atoms. The third-order valence-corrected chi connectivity index (χ3v) is 5.59. The van der Waals surface area contributed by atoms with Gasteiger partial charge in [0.05, 0.1) is 5.69 Å². The van der Waals surface area contributed by atoms with Crippen molar-refractivity contribution in [3.8, 4) is 0 Å². The van der Waals surface area contributed by atoms with Gasteiger partial charge in [0.2, 0.25) is 0 Å². The zero-order valence-electron chi connectivity index (χ0n) is 13.5. The van der Waals surface area contributed by atoms with Gasteiger partial charge in [-0.25, -0.2) is 4.98 Å². The summed E-state index contributed by atoms with van der Waals surface area (Å²) in [6, 6.07) is 0.536. The summed E-state index contributed by atoms with van der Waals surface area (Å²) in [7, 11) is 0. The summed E-state index contributed by atoms with van der Waals surface area (Å²) in [6.07, 6.45) is 5.03. The van der Waals surface area contributed by atoms with Gasteiger partial charge in [0.15, 0.2) is 0 Å². The van der Waals surface area contributed by atoms with Gasteiger partial charge in [0.25, 0.3) is 5.22 Å². The summed E-state index contributed by atoms with van der Waals surface area (Å²) in [5.74, 6) is 0.945. The van der Waals surface area contributed by atoms with Crippen LogP contribution in [-0.4, -0.2) is 22.8 Å². The molecule has 0 amide bonds. The van der Waals surface area contributed by atoms with Gasteiger partial charge in [-0.2, -0.15) is 0 Å². The van der Waals surface area contributed by atoms with E-state index >= 15 is 0 Å². The average Bonchev–Trinajstić information content (AvgIpc) is 2.67. The quantitative estimate of drug-likeness (QED) is 0.877. The number of thioether (sulfide) groups is 1. The van der Waals surface area contributed by atoms with Crippen molar-refractivity contribution < 1.29 is 4.42 Å². The van der Waals surface area contributed by atoms with Crippen molar-refractivity contribution in [2.24, 2.45) is 5.41 Å². The molecule has 0 aromatic carbocycles. The summed E-state index contributed by atoms with van der Waals surface area (Å²) < 4.78 is 5.76. The fourth-order valence-corrected chi connectivity index (χ4v) is 4.55. The van der Waals surface area contributed by atoms with Crippen molar-refractivity contribution in [2.75, 3.05) is 6.54 Å². The van der Waals surface area contributed by atoms with Crippen molar-refractivity contribution in [1.29, 1.82) is 0 Å². The van der Waals surface area contributed by atoms with E-state index in [0.29, 0.717) is 16.7 Å². The zero-order chi connectivity index (χ0) is 14.8. The van der Waals surface area contributed by atoms with Crippen LogP contribution in [0.15, 0.2) is 9.64 Å². The molecule has 3 nitrogen and oxygen atoms in total. The van der Waals surface area contributed by atoms with E-state index in [1.54, 1.807) is 0 Å². The third kappa shape index (κ3) is 3.59. The highest BCUT2D eigenvalue weighted by molar-refractivity contribution is 7.99. The largest absolute Gasteiger partial charge is 0.437 e. The second kappa shape index (κ2) is 6.52. The number of oxazole rings is 1. The Morgan fingerprint density at radius 2 is 2.15 bits per heavy atom. The molecule has 1 N–H and O–H groups in total. The molecule has 0 saturated heterocycles. The van der Waals surface area contributed by atoms with Crippen molar-refractivity contribution in [2.45, 2.75) is 76.8 Å². The fraction of sp³-hybridized carbons (Fsp3) is 0.812. The van der Waals surface area contributed by atoms with Crippen LogP contribution >= 0.6 is 11.8 Å². The van der Waals surface area contributed by atoms with E-state index in [4.69, 9.17) is 4.42 Å². The number of hydrogen-bond donors (Lipinski definition) is 1. The Morgan fingerprint density at radius 3 is 2.75 bits per heavy atom. The van der Waals surface area contributed by atoms with Crippen LogP contribution in [0.3, 0.4) is 0 Å². The molecular weight excluding hydrogens is 268 g/mol. The summed E-state index contributed by atoms with van der Waals surface area (Å²) >= 11 is 1.82. The smallest absolute Gasteiger partial charge is 0.256 e. The summed E-state index contributed by atoms with van der Waals surface area (Å²) in [6.45, 7) is 12.1. The van der Waals surface area contributed by atoms with Crippen molar-refractivity contribution >= 4 is 11.8 Å². The molecule has 1 aromatic heterocycles. The minimum atomic E-state index is 0.349. The molecule has 0 radical (unpaired) electrons. The van der Waals surface area contributed by atoms with Gasteiger partial charge in [-0.1, -0.05) is 39.0 Å². The van der Waals surface area contributed by atoms with Gasteiger partial charge in [0, 0.05) is 11.3 Å².